The van der Waals surface area contributed by atoms with Gasteiger partial charge in [-0.25, -0.2) is 0 Å². The molecule has 0 N–H and O–H groups in total. The normalized spacial score (nSPS) is 19.9. The van der Waals surface area contributed by atoms with Crippen molar-refractivity contribution < 1.29 is 9.53 Å². The number of aromatic nitrogens is 3. The molecule has 134 valence electrons. The lowest BCUT2D eigenvalue weighted by atomic mass is 9.97. The van der Waals surface area contributed by atoms with Gasteiger partial charge in [-0.05, 0) is 37.8 Å². The van der Waals surface area contributed by atoms with Crippen molar-refractivity contribution >= 4 is 5.91 Å². The second-order valence-electron chi connectivity index (χ2n) is 7.25. The van der Waals surface area contributed by atoms with Gasteiger partial charge in [-0.2, -0.15) is 5.10 Å². The molecule has 4 rings (SSSR count). The fourth-order valence-electron chi connectivity index (χ4n) is 3.62. The summed E-state index contributed by atoms with van der Waals surface area (Å²) in [6.45, 7) is 5.59. The minimum absolute atomic E-state index is 0.0783. The summed E-state index contributed by atoms with van der Waals surface area (Å²) < 4.78 is 9.64. The maximum absolute atomic E-state index is 12.9. The fourth-order valence-corrected chi connectivity index (χ4v) is 3.62. The van der Waals surface area contributed by atoms with Gasteiger partial charge in [0.05, 0.1) is 12.3 Å². The lowest BCUT2D eigenvalue weighted by Crippen LogP contribution is -2.40. The molecule has 3 heterocycles. The summed E-state index contributed by atoms with van der Waals surface area (Å²) in [6.07, 6.45) is 6.67. The van der Waals surface area contributed by atoms with Gasteiger partial charge in [0.2, 0.25) is 0 Å². The lowest BCUT2D eigenvalue weighted by molar-refractivity contribution is 0.0643. The summed E-state index contributed by atoms with van der Waals surface area (Å²) >= 11 is 0. The van der Waals surface area contributed by atoms with Gasteiger partial charge < -0.3 is 14.2 Å². The number of carbonyl (C=O) groups excluding carboxylic acids is 1. The van der Waals surface area contributed by atoms with Crippen LogP contribution >= 0.6 is 0 Å². The zero-order chi connectivity index (χ0) is 17.4. The number of hydrogen-bond donors (Lipinski definition) is 0. The lowest BCUT2D eigenvalue weighted by Gasteiger charge is -2.32. The summed E-state index contributed by atoms with van der Waals surface area (Å²) in [5, 5.41) is 4.83. The molecular formula is C19H26N4O2. The minimum Gasteiger partial charge on any atom is -0.381 e. The molecule has 2 aliphatic rings. The molecule has 0 bridgehead atoms. The summed E-state index contributed by atoms with van der Waals surface area (Å²) in [6, 6.07) is 3.79. The first-order chi connectivity index (χ1) is 12.2. The fraction of sp³-hybridized carbons (Fsp3) is 0.579. The van der Waals surface area contributed by atoms with E-state index in [0.29, 0.717) is 26.3 Å². The third kappa shape index (κ3) is 3.35. The average molecular weight is 342 g/mol. The first-order valence-corrected chi connectivity index (χ1v) is 9.20. The number of nitrogens with zero attached hydrogens (tertiary/aromatic N) is 4. The molecule has 0 radical (unpaired) electrons. The molecule has 0 aromatic carbocycles. The largest absolute Gasteiger partial charge is 0.381 e. The zero-order valence-electron chi connectivity index (χ0n) is 15.0. The van der Waals surface area contributed by atoms with Crippen molar-refractivity contribution in [2.45, 2.75) is 38.8 Å². The first-order valence-electron chi connectivity index (χ1n) is 9.20. The average Bonchev–Trinajstić information content (AvgIpc) is 3.15. The molecule has 1 aliphatic carbocycles. The van der Waals surface area contributed by atoms with Gasteiger partial charge in [0.15, 0.2) is 0 Å². The third-order valence-corrected chi connectivity index (χ3v) is 5.17. The summed E-state index contributed by atoms with van der Waals surface area (Å²) in [5.41, 5.74) is 3.01. The molecule has 6 nitrogen and oxygen atoms in total. The first kappa shape index (κ1) is 16.4. The highest BCUT2D eigenvalue weighted by Gasteiger charge is 2.33. The number of carbonyl (C=O) groups is 1. The Hall–Kier alpha value is -2.08. The predicted molar refractivity (Wildman–Crippen MR) is 94.3 cm³/mol. The minimum atomic E-state index is 0.0783. The quantitative estimate of drug-likeness (QED) is 0.810. The Labute approximate surface area is 148 Å². The van der Waals surface area contributed by atoms with E-state index in [4.69, 9.17) is 9.84 Å². The van der Waals surface area contributed by atoms with E-state index in [9.17, 15) is 4.79 Å². The van der Waals surface area contributed by atoms with Gasteiger partial charge in [0.1, 0.15) is 5.69 Å². The van der Waals surface area contributed by atoms with Crippen LogP contribution in [0.15, 0.2) is 24.5 Å². The van der Waals surface area contributed by atoms with Crippen LogP contribution in [0.2, 0.25) is 0 Å². The van der Waals surface area contributed by atoms with E-state index < -0.39 is 0 Å². The van der Waals surface area contributed by atoms with Crippen molar-refractivity contribution in [2.75, 3.05) is 19.8 Å². The van der Waals surface area contributed by atoms with Crippen molar-refractivity contribution in [2.24, 2.45) is 13.0 Å². The topological polar surface area (TPSA) is 52.3 Å². The van der Waals surface area contributed by atoms with E-state index in [1.165, 1.54) is 18.4 Å². The van der Waals surface area contributed by atoms with Crippen molar-refractivity contribution in [1.82, 2.24) is 19.2 Å². The second-order valence-corrected chi connectivity index (χ2v) is 7.25. The van der Waals surface area contributed by atoms with E-state index in [0.717, 1.165) is 23.9 Å². The maximum Gasteiger partial charge on any atom is 0.270 e. The third-order valence-electron chi connectivity index (χ3n) is 5.17. The molecule has 25 heavy (non-hydrogen) atoms. The van der Waals surface area contributed by atoms with Crippen molar-refractivity contribution in [3.05, 3.63) is 41.5 Å². The monoisotopic (exact) mass is 342 g/mol. The molecule has 0 saturated heterocycles. The van der Waals surface area contributed by atoms with E-state index >= 15 is 0 Å². The van der Waals surface area contributed by atoms with E-state index in [1.807, 2.05) is 41.8 Å². The molecule has 1 fully saturated rings. The standard InChI is InChI=1S/C19H26N4O2/c1-3-25-13-16-11-22(19(24)17-5-4-8-21(17)2)10-15-12-23(20-18(15)16)9-14-6-7-14/h4-5,8,12,14,16H,3,6-7,9-11,13H2,1-2H3/t16-/m1/s1. The van der Waals surface area contributed by atoms with Crippen molar-refractivity contribution in [3.8, 4) is 0 Å². The zero-order valence-corrected chi connectivity index (χ0v) is 15.0. The Morgan fingerprint density at radius 2 is 2.24 bits per heavy atom. The van der Waals surface area contributed by atoms with E-state index in [-0.39, 0.29) is 11.8 Å². The maximum atomic E-state index is 12.9. The summed E-state index contributed by atoms with van der Waals surface area (Å²) in [4.78, 5) is 14.9. The molecule has 1 saturated carbocycles. The van der Waals surface area contributed by atoms with Crippen LogP contribution in [-0.2, 0) is 24.9 Å². The van der Waals surface area contributed by atoms with Crippen LogP contribution in [0.5, 0.6) is 0 Å². The van der Waals surface area contributed by atoms with Crippen LogP contribution in [-0.4, -0.2) is 44.9 Å². The van der Waals surface area contributed by atoms with Crippen molar-refractivity contribution in [1.29, 1.82) is 0 Å². The number of ether oxygens (including phenoxy) is 1. The molecule has 2 aromatic rings. The Morgan fingerprint density at radius 1 is 1.40 bits per heavy atom. The molecule has 1 atom stereocenters. The molecule has 2 aromatic heterocycles. The van der Waals surface area contributed by atoms with Crippen LogP contribution in [0.4, 0.5) is 0 Å². The number of aryl methyl sites for hydroxylation is 1. The molecule has 1 aliphatic heterocycles. The van der Waals surface area contributed by atoms with Gasteiger partial charge >= 0.3 is 0 Å². The number of fused-ring (bicyclic) bond motifs is 1. The van der Waals surface area contributed by atoms with E-state index in [1.54, 1.807) is 0 Å². The Bertz CT molecular complexity index is 759. The molecule has 0 spiro atoms. The highest BCUT2D eigenvalue weighted by Crippen LogP contribution is 2.33. The highest BCUT2D eigenvalue weighted by atomic mass is 16.5. The van der Waals surface area contributed by atoms with Crippen LogP contribution in [0, 0.1) is 5.92 Å². The van der Waals surface area contributed by atoms with Gasteiger partial charge in [0.25, 0.3) is 5.91 Å². The smallest absolute Gasteiger partial charge is 0.270 e. The SMILES string of the molecule is CCOC[C@H]1CN(C(=O)c2cccn2C)Cc2cn(CC3CC3)nc21. The van der Waals surface area contributed by atoms with Gasteiger partial charge in [-0.3, -0.25) is 9.48 Å². The number of rotatable bonds is 6. The molecule has 0 unspecified atom stereocenters. The highest BCUT2D eigenvalue weighted by molar-refractivity contribution is 5.93. The number of hydrogen-bond acceptors (Lipinski definition) is 3. The van der Waals surface area contributed by atoms with Crippen LogP contribution in [0.25, 0.3) is 0 Å². The van der Waals surface area contributed by atoms with Gasteiger partial charge in [-0.15, -0.1) is 0 Å². The van der Waals surface area contributed by atoms with Crippen LogP contribution < -0.4 is 0 Å². The Balaban J connectivity index is 1.58. The Morgan fingerprint density at radius 3 is 2.92 bits per heavy atom. The molecule has 1 amide bonds. The summed E-state index contributed by atoms with van der Waals surface area (Å²) in [5.74, 6) is 1.01. The van der Waals surface area contributed by atoms with Gasteiger partial charge in [-0.1, -0.05) is 0 Å². The number of amides is 1. The van der Waals surface area contributed by atoms with Crippen molar-refractivity contribution in [3.63, 3.8) is 0 Å². The van der Waals surface area contributed by atoms with Crippen LogP contribution in [0.1, 0.15) is 47.4 Å². The molecular weight excluding hydrogens is 316 g/mol. The summed E-state index contributed by atoms with van der Waals surface area (Å²) in [7, 11) is 1.91. The predicted octanol–water partition coefficient (Wildman–Crippen LogP) is 2.41. The van der Waals surface area contributed by atoms with E-state index in [2.05, 4.69) is 10.9 Å². The van der Waals surface area contributed by atoms with Crippen LogP contribution in [0.3, 0.4) is 0 Å². The second kappa shape index (κ2) is 6.67. The Kier molecular flexibility index (Phi) is 4.37. The molecule has 6 heteroatoms. The van der Waals surface area contributed by atoms with Gasteiger partial charge in [0, 0.05) is 57.2 Å².